The Morgan fingerprint density at radius 1 is 1.59 bits per heavy atom. The van der Waals surface area contributed by atoms with Crippen LogP contribution in [0, 0.1) is 16.7 Å². The number of nitriles is 1. The summed E-state index contributed by atoms with van der Waals surface area (Å²) in [5.41, 5.74) is -0.459. The zero-order valence-corrected chi connectivity index (χ0v) is 10.5. The molecule has 1 rings (SSSR count). The van der Waals surface area contributed by atoms with E-state index in [1.807, 2.05) is 26.0 Å². The molecular weight excluding hydrogens is 216 g/mol. The quantitative estimate of drug-likeness (QED) is 0.564. The maximum Gasteiger partial charge on any atom is 0.313 e. The molecule has 94 valence electrons. The molecule has 17 heavy (non-hydrogen) atoms. The van der Waals surface area contributed by atoms with Crippen LogP contribution in [-0.4, -0.2) is 25.2 Å². The number of carbonyl (C=O) groups is 1. The highest BCUT2D eigenvalue weighted by Gasteiger charge is 2.40. The highest BCUT2D eigenvalue weighted by Crippen LogP contribution is 2.34. The van der Waals surface area contributed by atoms with E-state index in [9.17, 15) is 4.79 Å². The largest absolute Gasteiger partial charge is 0.466 e. The van der Waals surface area contributed by atoms with Crippen LogP contribution in [0.4, 0.5) is 0 Å². The fraction of sp³-hybridized carbons (Fsp3) is 0.692. The molecule has 1 aliphatic carbocycles. The van der Waals surface area contributed by atoms with Crippen molar-refractivity contribution in [3.8, 4) is 6.07 Å². The Morgan fingerprint density at radius 2 is 2.24 bits per heavy atom. The van der Waals surface area contributed by atoms with Crippen molar-refractivity contribution in [3.05, 3.63) is 12.2 Å². The first-order valence-corrected chi connectivity index (χ1v) is 6.07. The maximum absolute atomic E-state index is 12.0. The summed E-state index contributed by atoms with van der Waals surface area (Å²) in [4.78, 5) is 12.0. The lowest BCUT2D eigenvalue weighted by atomic mass is 9.85. The maximum atomic E-state index is 12.0. The summed E-state index contributed by atoms with van der Waals surface area (Å²) in [6, 6.07) is 2.22. The third kappa shape index (κ3) is 3.57. The normalized spacial score (nSPS) is 18.6. The number of esters is 1. The van der Waals surface area contributed by atoms with Gasteiger partial charge in [-0.1, -0.05) is 12.2 Å². The summed E-state index contributed by atoms with van der Waals surface area (Å²) >= 11 is 0. The van der Waals surface area contributed by atoms with Gasteiger partial charge < -0.3 is 10.1 Å². The van der Waals surface area contributed by atoms with Crippen molar-refractivity contribution in [2.45, 2.75) is 39.2 Å². The van der Waals surface area contributed by atoms with Crippen LogP contribution in [0.25, 0.3) is 0 Å². The minimum atomic E-state index is -0.459. The molecule has 4 heteroatoms. The monoisotopic (exact) mass is 236 g/mol. The van der Waals surface area contributed by atoms with Crippen LogP contribution in [0.1, 0.15) is 33.1 Å². The molecule has 4 nitrogen and oxygen atoms in total. The van der Waals surface area contributed by atoms with Gasteiger partial charge in [-0.15, -0.1) is 0 Å². The smallest absolute Gasteiger partial charge is 0.313 e. The Morgan fingerprint density at radius 3 is 2.76 bits per heavy atom. The lowest BCUT2D eigenvalue weighted by molar-refractivity contribution is -0.154. The van der Waals surface area contributed by atoms with Gasteiger partial charge >= 0.3 is 5.97 Å². The molecule has 0 amide bonds. The minimum absolute atomic E-state index is 0.104. The zero-order valence-electron chi connectivity index (χ0n) is 10.5. The van der Waals surface area contributed by atoms with Crippen LogP contribution >= 0.6 is 0 Å². The van der Waals surface area contributed by atoms with E-state index in [4.69, 9.17) is 10.00 Å². The van der Waals surface area contributed by atoms with E-state index in [-0.39, 0.29) is 12.0 Å². The standard InChI is InChI=1S/C13H20N2O2/c1-3-17-12(16)13(7-4-5-8-13)10-15-11(2)6-9-14/h4-5,11,15H,3,6-8,10H2,1-2H3/t11-/m0/s1. The van der Waals surface area contributed by atoms with Gasteiger partial charge in [0, 0.05) is 12.6 Å². The molecule has 0 spiro atoms. The lowest BCUT2D eigenvalue weighted by Gasteiger charge is -2.28. The topological polar surface area (TPSA) is 62.1 Å². The molecule has 0 bridgehead atoms. The summed E-state index contributed by atoms with van der Waals surface area (Å²) in [7, 11) is 0. The fourth-order valence-electron chi connectivity index (χ4n) is 1.95. The predicted molar refractivity (Wildman–Crippen MR) is 65.1 cm³/mol. The van der Waals surface area contributed by atoms with Gasteiger partial charge in [0.1, 0.15) is 0 Å². The number of rotatable bonds is 6. The Bertz CT molecular complexity index is 323. The number of nitrogens with one attached hydrogen (secondary N) is 1. The summed E-state index contributed by atoms with van der Waals surface area (Å²) < 4.78 is 5.14. The van der Waals surface area contributed by atoms with E-state index >= 15 is 0 Å². The molecule has 1 aliphatic rings. The highest BCUT2D eigenvalue weighted by atomic mass is 16.5. The molecule has 0 unspecified atom stereocenters. The van der Waals surface area contributed by atoms with Gasteiger partial charge in [-0.2, -0.15) is 5.26 Å². The van der Waals surface area contributed by atoms with Crippen LogP contribution in [-0.2, 0) is 9.53 Å². The summed E-state index contributed by atoms with van der Waals surface area (Å²) in [6.45, 7) is 4.75. The van der Waals surface area contributed by atoms with Gasteiger partial charge in [-0.05, 0) is 26.7 Å². The van der Waals surface area contributed by atoms with Crippen LogP contribution in [0.5, 0.6) is 0 Å². The third-order valence-corrected chi connectivity index (χ3v) is 3.08. The Labute approximate surface area is 103 Å². The molecule has 0 saturated carbocycles. The summed E-state index contributed by atoms with van der Waals surface area (Å²) in [5.74, 6) is -0.137. The lowest BCUT2D eigenvalue weighted by Crippen LogP contribution is -2.43. The molecule has 0 aromatic rings. The number of hydrogen-bond donors (Lipinski definition) is 1. The molecule has 0 aromatic heterocycles. The number of hydrogen-bond acceptors (Lipinski definition) is 4. The van der Waals surface area contributed by atoms with Gasteiger partial charge in [0.2, 0.25) is 0 Å². The van der Waals surface area contributed by atoms with Crippen LogP contribution in [0.15, 0.2) is 12.2 Å². The fourth-order valence-corrected chi connectivity index (χ4v) is 1.95. The highest BCUT2D eigenvalue weighted by molar-refractivity contribution is 5.78. The van der Waals surface area contributed by atoms with Crippen molar-refractivity contribution in [3.63, 3.8) is 0 Å². The van der Waals surface area contributed by atoms with Crippen molar-refractivity contribution in [1.29, 1.82) is 5.26 Å². The molecule has 0 fully saturated rings. The second kappa shape index (κ2) is 6.41. The van der Waals surface area contributed by atoms with E-state index in [1.165, 1.54) is 0 Å². The molecule has 0 aromatic carbocycles. The SMILES string of the molecule is CCOC(=O)C1(CN[C@@H](C)CC#N)CC=CC1. The number of nitrogens with zero attached hydrogens (tertiary/aromatic N) is 1. The van der Waals surface area contributed by atoms with E-state index in [1.54, 1.807) is 0 Å². The van der Waals surface area contributed by atoms with E-state index in [0.29, 0.717) is 19.6 Å². The first-order chi connectivity index (χ1) is 8.14. The van der Waals surface area contributed by atoms with Crippen molar-refractivity contribution >= 4 is 5.97 Å². The molecule has 0 heterocycles. The summed E-state index contributed by atoms with van der Waals surface area (Å²) in [6.07, 6.45) is 5.93. The van der Waals surface area contributed by atoms with E-state index in [2.05, 4.69) is 11.4 Å². The van der Waals surface area contributed by atoms with Gasteiger partial charge in [0.25, 0.3) is 0 Å². The average Bonchev–Trinajstić information content (AvgIpc) is 2.77. The van der Waals surface area contributed by atoms with Crippen molar-refractivity contribution in [2.24, 2.45) is 5.41 Å². The Hall–Kier alpha value is -1.34. The van der Waals surface area contributed by atoms with Gasteiger partial charge in [-0.3, -0.25) is 4.79 Å². The minimum Gasteiger partial charge on any atom is -0.466 e. The van der Waals surface area contributed by atoms with Gasteiger partial charge in [-0.25, -0.2) is 0 Å². The van der Waals surface area contributed by atoms with E-state index in [0.717, 1.165) is 12.8 Å². The molecule has 0 aliphatic heterocycles. The Kier molecular flexibility index (Phi) is 5.17. The first kappa shape index (κ1) is 13.7. The number of allylic oxidation sites excluding steroid dienone is 2. The molecular formula is C13H20N2O2. The molecule has 0 saturated heterocycles. The van der Waals surface area contributed by atoms with Crippen molar-refractivity contribution in [2.75, 3.05) is 13.2 Å². The van der Waals surface area contributed by atoms with Gasteiger partial charge in [0.15, 0.2) is 0 Å². The predicted octanol–water partition coefficient (Wildman–Crippen LogP) is 1.78. The van der Waals surface area contributed by atoms with Crippen LogP contribution < -0.4 is 5.32 Å². The first-order valence-electron chi connectivity index (χ1n) is 6.07. The van der Waals surface area contributed by atoms with Crippen molar-refractivity contribution < 1.29 is 9.53 Å². The molecule has 1 N–H and O–H groups in total. The molecule has 1 atom stereocenters. The van der Waals surface area contributed by atoms with Crippen molar-refractivity contribution in [1.82, 2.24) is 5.32 Å². The third-order valence-electron chi connectivity index (χ3n) is 3.08. The van der Waals surface area contributed by atoms with Crippen LogP contribution in [0.3, 0.4) is 0 Å². The number of carbonyl (C=O) groups excluding carboxylic acids is 1. The zero-order chi connectivity index (χ0) is 12.7. The Balaban J connectivity index is 2.55. The number of ether oxygens (including phenoxy) is 1. The van der Waals surface area contributed by atoms with Gasteiger partial charge in [0.05, 0.1) is 24.5 Å². The second-order valence-corrected chi connectivity index (χ2v) is 4.52. The summed E-state index contributed by atoms with van der Waals surface area (Å²) in [5, 5.41) is 11.8. The van der Waals surface area contributed by atoms with E-state index < -0.39 is 5.41 Å². The van der Waals surface area contributed by atoms with Crippen LogP contribution in [0.2, 0.25) is 0 Å². The molecule has 0 radical (unpaired) electrons. The average molecular weight is 236 g/mol. The second-order valence-electron chi connectivity index (χ2n) is 4.52.